The molecule has 4 nitrogen and oxygen atoms in total. The summed E-state index contributed by atoms with van der Waals surface area (Å²) >= 11 is 0. The average Bonchev–Trinajstić information content (AvgIpc) is 2.26. The molecule has 0 aliphatic heterocycles. The molecule has 0 aromatic rings. The highest BCUT2D eigenvalue weighted by molar-refractivity contribution is 6.02. The van der Waals surface area contributed by atoms with E-state index in [1.807, 2.05) is 0 Å². The smallest absolute Gasteiger partial charge is 0.412 e. The molecule has 0 amide bonds. The van der Waals surface area contributed by atoms with Gasteiger partial charge in [-0.2, -0.15) is 13.2 Å². The van der Waals surface area contributed by atoms with Gasteiger partial charge in [0.2, 0.25) is 0 Å². The van der Waals surface area contributed by atoms with Crippen LogP contribution in [-0.2, 0) is 9.59 Å². The van der Waals surface area contributed by atoms with E-state index in [-0.39, 0.29) is 6.42 Å². The summed E-state index contributed by atoms with van der Waals surface area (Å²) in [7, 11) is 0. The van der Waals surface area contributed by atoms with Crippen LogP contribution in [0.4, 0.5) is 13.2 Å². The monoisotopic (exact) mass is 282 g/mol. The van der Waals surface area contributed by atoms with Crippen molar-refractivity contribution in [3.8, 4) is 0 Å². The van der Waals surface area contributed by atoms with Crippen LogP contribution in [-0.4, -0.2) is 28.3 Å². The third kappa shape index (κ3) is 3.08. The molecule has 0 aromatic carbocycles. The Balaban J connectivity index is 6.38. The standard InChI is InChI=1S/C12H17F3O4/c1-4-7(8(5-2)12(13,14)15)11(6-3,9(16)17)10(18)19/h4-6H2,1-3H3,(H,16,17)(H,18,19). The van der Waals surface area contributed by atoms with Crippen molar-refractivity contribution in [3.05, 3.63) is 11.1 Å². The zero-order chi connectivity index (χ0) is 15.4. The molecule has 7 heteroatoms. The van der Waals surface area contributed by atoms with Crippen molar-refractivity contribution in [1.82, 2.24) is 0 Å². The largest absolute Gasteiger partial charge is 0.480 e. The molecule has 2 N–H and O–H groups in total. The third-order valence-corrected chi connectivity index (χ3v) is 3.19. The Bertz CT molecular complexity index is 382. The van der Waals surface area contributed by atoms with E-state index in [4.69, 9.17) is 10.2 Å². The molecule has 0 fully saturated rings. The Hall–Kier alpha value is -1.53. The molecule has 0 saturated carbocycles. The SMILES string of the molecule is CCC(=C(CC)C(CC)(C(=O)O)C(=O)O)C(F)(F)F. The van der Waals surface area contributed by atoms with Gasteiger partial charge in [0.1, 0.15) is 0 Å². The fourth-order valence-electron chi connectivity index (χ4n) is 2.22. The first-order valence-corrected chi connectivity index (χ1v) is 5.85. The van der Waals surface area contributed by atoms with Gasteiger partial charge in [-0.15, -0.1) is 0 Å². The molecule has 0 aliphatic rings. The molecular weight excluding hydrogens is 265 g/mol. The Labute approximate surface area is 108 Å². The lowest BCUT2D eigenvalue weighted by molar-refractivity contribution is -0.162. The molecule has 0 saturated heterocycles. The van der Waals surface area contributed by atoms with E-state index in [2.05, 4.69) is 0 Å². The predicted octanol–water partition coefficient (Wildman–Crippen LogP) is 3.23. The normalized spacial score (nSPS) is 14.0. The summed E-state index contributed by atoms with van der Waals surface area (Å²) in [4.78, 5) is 22.5. The van der Waals surface area contributed by atoms with E-state index < -0.39 is 47.5 Å². The van der Waals surface area contributed by atoms with Gasteiger partial charge in [-0.05, 0) is 24.8 Å². The number of aliphatic carboxylic acids is 2. The molecule has 0 aromatic heterocycles. The molecule has 0 radical (unpaired) electrons. The summed E-state index contributed by atoms with van der Waals surface area (Å²) in [6.07, 6.45) is -5.92. The van der Waals surface area contributed by atoms with Crippen LogP contribution in [0.3, 0.4) is 0 Å². The molecule has 110 valence electrons. The number of hydrogen-bond acceptors (Lipinski definition) is 2. The summed E-state index contributed by atoms with van der Waals surface area (Å²) in [5, 5.41) is 18.2. The van der Waals surface area contributed by atoms with Crippen molar-refractivity contribution < 1.29 is 33.0 Å². The Morgan fingerprint density at radius 3 is 1.42 bits per heavy atom. The number of hydrogen-bond donors (Lipinski definition) is 2. The van der Waals surface area contributed by atoms with Gasteiger partial charge in [-0.1, -0.05) is 20.8 Å². The average molecular weight is 282 g/mol. The van der Waals surface area contributed by atoms with Crippen LogP contribution in [0.15, 0.2) is 11.1 Å². The summed E-state index contributed by atoms with van der Waals surface area (Å²) in [5.41, 5.74) is -4.16. The van der Waals surface area contributed by atoms with E-state index in [1.54, 1.807) is 0 Å². The Morgan fingerprint density at radius 1 is 0.895 bits per heavy atom. The second-order valence-electron chi connectivity index (χ2n) is 4.03. The van der Waals surface area contributed by atoms with Crippen molar-refractivity contribution >= 4 is 11.9 Å². The molecule has 19 heavy (non-hydrogen) atoms. The van der Waals surface area contributed by atoms with Crippen molar-refractivity contribution in [2.45, 2.75) is 46.2 Å². The lowest BCUT2D eigenvalue weighted by Crippen LogP contribution is -2.42. The van der Waals surface area contributed by atoms with E-state index in [0.717, 1.165) is 0 Å². The van der Waals surface area contributed by atoms with Crippen LogP contribution in [0, 0.1) is 5.41 Å². The molecule has 0 unspecified atom stereocenters. The van der Waals surface area contributed by atoms with Crippen molar-refractivity contribution in [3.63, 3.8) is 0 Å². The van der Waals surface area contributed by atoms with Crippen LogP contribution >= 0.6 is 0 Å². The topological polar surface area (TPSA) is 74.6 Å². The summed E-state index contributed by atoms with van der Waals surface area (Å²) in [5.74, 6) is -3.54. The van der Waals surface area contributed by atoms with Gasteiger partial charge in [0.15, 0.2) is 5.41 Å². The van der Waals surface area contributed by atoms with Crippen molar-refractivity contribution in [2.75, 3.05) is 0 Å². The first-order valence-electron chi connectivity index (χ1n) is 5.85. The molecular formula is C12H17F3O4. The van der Waals surface area contributed by atoms with Crippen LogP contribution < -0.4 is 0 Å². The lowest BCUT2D eigenvalue weighted by Gasteiger charge is -2.29. The number of halogens is 3. The molecule has 0 heterocycles. The maximum absolute atomic E-state index is 12.9. The fraction of sp³-hybridized carbons (Fsp3) is 0.667. The summed E-state index contributed by atoms with van der Waals surface area (Å²) < 4.78 is 38.7. The first-order chi connectivity index (χ1) is 8.59. The van der Waals surface area contributed by atoms with Gasteiger partial charge in [0, 0.05) is 5.57 Å². The van der Waals surface area contributed by atoms with Gasteiger partial charge in [0.25, 0.3) is 0 Å². The van der Waals surface area contributed by atoms with E-state index in [1.165, 1.54) is 20.8 Å². The second-order valence-corrected chi connectivity index (χ2v) is 4.03. The second kappa shape index (κ2) is 6.08. The van der Waals surface area contributed by atoms with E-state index in [9.17, 15) is 22.8 Å². The highest BCUT2D eigenvalue weighted by Gasteiger charge is 2.51. The Morgan fingerprint density at radius 2 is 1.26 bits per heavy atom. The minimum atomic E-state index is -4.73. The molecule has 0 aliphatic carbocycles. The molecule has 0 rings (SSSR count). The molecule has 0 spiro atoms. The van der Waals surface area contributed by atoms with Gasteiger partial charge in [-0.25, -0.2) is 0 Å². The van der Waals surface area contributed by atoms with Crippen molar-refractivity contribution in [1.29, 1.82) is 0 Å². The van der Waals surface area contributed by atoms with Crippen LogP contribution in [0.5, 0.6) is 0 Å². The van der Waals surface area contributed by atoms with Crippen LogP contribution in [0.1, 0.15) is 40.0 Å². The maximum atomic E-state index is 12.9. The van der Waals surface area contributed by atoms with Gasteiger partial charge in [-0.3, -0.25) is 9.59 Å². The van der Waals surface area contributed by atoms with Crippen molar-refractivity contribution in [2.24, 2.45) is 5.41 Å². The van der Waals surface area contributed by atoms with E-state index in [0.29, 0.717) is 0 Å². The minimum Gasteiger partial charge on any atom is -0.480 e. The first kappa shape index (κ1) is 17.5. The summed E-state index contributed by atoms with van der Waals surface area (Å²) in [6, 6.07) is 0. The van der Waals surface area contributed by atoms with Gasteiger partial charge < -0.3 is 10.2 Å². The number of rotatable bonds is 6. The predicted molar refractivity (Wildman–Crippen MR) is 61.7 cm³/mol. The minimum absolute atomic E-state index is 0.283. The fourth-order valence-corrected chi connectivity index (χ4v) is 2.22. The van der Waals surface area contributed by atoms with Crippen LogP contribution in [0.25, 0.3) is 0 Å². The maximum Gasteiger partial charge on any atom is 0.412 e. The Kier molecular flexibility index (Phi) is 5.59. The zero-order valence-electron chi connectivity index (χ0n) is 11.0. The molecule has 0 atom stereocenters. The van der Waals surface area contributed by atoms with Gasteiger partial charge in [0.05, 0.1) is 0 Å². The zero-order valence-corrected chi connectivity index (χ0v) is 11.0. The number of carbonyl (C=O) groups is 2. The summed E-state index contributed by atoms with van der Waals surface area (Å²) in [6.45, 7) is 3.80. The third-order valence-electron chi connectivity index (χ3n) is 3.19. The van der Waals surface area contributed by atoms with E-state index >= 15 is 0 Å². The number of carboxylic acid groups (broad SMARTS) is 2. The highest BCUT2D eigenvalue weighted by Crippen LogP contribution is 2.42. The number of allylic oxidation sites excluding steroid dienone is 1. The van der Waals surface area contributed by atoms with Gasteiger partial charge >= 0.3 is 18.1 Å². The number of carboxylic acids is 2. The number of alkyl halides is 3. The molecule has 0 bridgehead atoms. The quantitative estimate of drug-likeness (QED) is 0.579. The highest BCUT2D eigenvalue weighted by atomic mass is 19.4. The van der Waals surface area contributed by atoms with Crippen LogP contribution in [0.2, 0.25) is 0 Å². The lowest BCUT2D eigenvalue weighted by atomic mass is 9.73.